The smallest absolute Gasteiger partial charge is 0.412 e. The van der Waals surface area contributed by atoms with Gasteiger partial charge in [-0.15, -0.1) is 0 Å². The summed E-state index contributed by atoms with van der Waals surface area (Å²) in [7, 11) is 3.00. The number of carbonyl (C=O) groups is 2. The SMILES string of the molecule is COC(CN1C(=O)COc2ccc(NC(=O)OC(C)(C)C)cc21)OC. The van der Waals surface area contributed by atoms with Gasteiger partial charge in [0.25, 0.3) is 5.91 Å². The molecular formula is C17H24N2O6. The molecule has 25 heavy (non-hydrogen) atoms. The Morgan fingerprint density at radius 3 is 2.60 bits per heavy atom. The quantitative estimate of drug-likeness (QED) is 0.819. The Morgan fingerprint density at radius 1 is 1.32 bits per heavy atom. The van der Waals surface area contributed by atoms with Crippen molar-refractivity contribution in [2.75, 3.05) is 37.6 Å². The summed E-state index contributed by atoms with van der Waals surface area (Å²) in [6.45, 7) is 5.49. The monoisotopic (exact) mass is 352 g/mol. The minimum absolute atomic E-state index is 0.0635. The molecule has 8 heteroatoms. The molecule has 0 spiro atoms. The van der Waals surface area contributed by atoms with Crippen LogP contribution in [0, 0.1) is 0 Å². The lowest BCUT2D eigenvalue weighted by Crippen LogP contribution is -2.44. The van der Waals surface area contributed by atoms with Crippen molar-refractivity contribution in [3.8, 4) is 5.75 Å². The van der Waals surface area contributed by atoms with Gasteiger partial charge < -0.3 is 23.8 Å². The zero-order valence-corrected chi connectivity index (χ0v) is 15.1. The molecule has 0 saturated heterocycles. The van der Waals surface area contributed by atoms with Gasteiger partial charge in [-0.2, -0.15) is 0 Å². The molecule has 0 bridgehead atoms. The molecular weight excluding hydrogens is 328 g/mol. The van der Waals surface area contributed by atoms with E-state index < -0.39 is 18.0 Å². The van der Waals surface area contributed by atoms with Gasteiger partial charge in [0.05, 0.1) is 12.2 Å². The summed E-state index contributed by atoms with van der Waals surface area (Å²) in [5, 5.41) is 2.65. The molecule has 1 aliphatic heterocycles. The van der Waals surface area contributed by atoms with Crippen LogP contribution >= 0.6 is 0 Å². The second-order valence-corrected chi connectivity index (χ2v) is 6.50. The summed E-state index contributed by atoms with van der Waals surface area (Å²) in [4.78, 5) is 25.7. The van der Waals surface area contributed by atoms with Gasteiger partial charge >= 0.3 is 6.09 Å². The summed E-state index contributed by atoms with van der Waals surface area (Å²) >= 11 is 0. The third-order valence-electron chi connectivity index (χ3n) is 3.40. The van der Waals surface area contributed by atoms with Crippen LogP contribution in [0.5, 0.6) is 5.75 Å². The van der Waals surface area contributed by atoms with Crippen molar-refractivity contribution < 1.29 is 28.5 Å². The van der Waals surface area contributed by atoms with Crippen LogP contribution in [0.2, 0.25) is 0 Å². The summed E-state index contributed by atoms with van der Waals surface area (Å²) < 4.78 is 21.0. The van der Waals surface area contributed by atoms with Crippen molar-refractivity contribution in [1.29, 1.82) is 0 Å². The molecule has 0 radical (unpaired) electrons. The molecule has 1 heterocycles. The average Bonchev–Trinajstić information content (AvgIpc) is 2.52. The standard InChI is InChI=1S/C17H24N2O6/c1-17(2,3)25-16(21)18-11-6-7-13-12(8-11)19(14(20)10-24-13)9-15(22-4)23-5/h6-8,15H,9-10H2,1-5H3,(H,18,21). The van der Waals surface area contributed by atoms with E-state index in [4.69, 9.17) is 18.9 Å². The maximum atomic E-state index is 12.2. The first-order valence-corrected chi connectivity index (χ1v) is 7.86. The van der Waals surface area contributed by atoms with Crippen molar-refractivity contribution in [3.05, 3.63) is 18.2 Å². The van der Waals surface area contributed by atoms with Gasteiger partial charge in [-0.05, 0) is 39.0 Å². The molecule has 0 aromatic heterocycles. The fourth-order valence-corrected chi connectivity index (χ4v) is 2.30. The van der Waals surface area contributed by atoms with Crippen LogP contribution in [-0.2, 0) is 19.0 Å². The van der Waals surface area contributed by atoms with Gasteiger partial charge in [-0.3, -0.25) is 10.1 Å². The van der Waals surface area contributed by atoms with Crippen molar-refractivity contribution in [3.63, 3.8) is 0 Å². The van der Waals surface area contributed by atoms with Crippen molar-refractivity contribution in [2.24, 2.45) is 0 Å². The molecule has 2 amide bonds. The van der Waals surface area contributed by atoms with Crippen molar-refractivity contribution in [2.45, 2.75) is 32.7 Å². The molecule has 8 nitrogen and oxygen atoms in total. The highest BCUT2D eigenvalue weighted by Crippen LogP contribution is 2.35. The first kappa shape index (κ1) is 19.0. The van der Waals surface area contributed by atoms with Crippen LogP contribution in [0.4, 0.5) is 16.2 Å². The predicted octanol–water partition coefficient (Wildman–Crippen LogP) is 2.38. The number of nitrogens with one attached hydrogen (secondary N) is 1. The van der Waals surface area contributed by atoms with E-state index in [0.717, 1.165) is 0 Å². The van der Waals surface area contributed by atoms with Crippen LogP contribution in [0.3, 0.4) is 0 Å². The van der Waals surface area contributed by atoms with E-state index >= 15 is 0 Å². The van der Waals surface area contributed by atoms with E-state index in [-0.39, 0.29) is 19.1 Å². The maximum Gasteiger partial charge on any atom is 0.412 e. The van der Waals surface area contributed by atoms with Gasteiger partial charge in [0.15, 0.2) is 12.9 Å². The third-order valence-corrected chi connectivity index (χ3v) is 3.40. The second kappa shape index (κ2) is 7.71. The number of anilines is 2. The summed E-state index contributed by atoms with van der Waals surface area (Å²) in [6.07, 6.45) is -1.15. The Bertz CT molecular complexity index is 637. The number of hydrogen-bond acceptors (Lipinski definition) is 6. The van der Waals surface area contributed by atoms with E-state index in [9.17, 15) is 9.59 Å². The maximum absolute atomic E-state index is 12.2. The number of methoxy groups -OCH3 is 2. The number of ether oxygens (including phenoxy) is 4. The molecule has 2 rings (SSSR count). The minimum Gasteiger partial charge on any atom is -0.482 e. The molecule has 0 saturated carbocycles. The van der Waals surface area contributed by atoms with Crippen LogP contribution in [-0.4, -0.2) is 51.3 Å². The number of fused-ring (bicyclic) bond motifs is 1. The third kappa shape index (κ3) is 5.07. The second-order valence-electron chi connectivity index (χ2n) is 6.50. The Morgan fingerprint density at radius 2 is 2.00 bits per heavy atom. The fourth-order valence-electron chi connectivity index (χ4n) is 2.30. The number of hydrogen-bond donors (Lipinski definition) is 1. The highest BCUT2D eigenvalue weighted by Gasteiger charge is 2.28. The van der Waals surface area contributed by atoms with Crippen molar-refractivity contribution >= 4 is 23.4 Å². The Hall–Kier alpha value is -2.32. The lowest BCUT2D eigenvalue weighted by atomic mass is 10.2. The molecule has 1 aromatic rings. The average molecular weight is 352 g/mol. The normalized spacial score (nSPS) is 14.2. The van der Waals surface area contributed by atoms with Gasteiger partial charge in [-0.25, -0.2) is 4.79 Å². The van der Waals surface area contributed by atoms with Crippen LogP contribution < -0.4 is 15.0 Å². The zero-order chi connectivity index (χ0) is 18.6. The van der Waals surface area contributed by atoms with Gasteiger partial charge in [0.1, 0.15) is 11.4 Å². The van der Waals surface area contributed by atoms with Crippen LogP contribution in [0.15, 0.2) is 18.2 Å². The Balaban J connectivity index is 2.21. The van der Waals surface area contributed by atoms with E-state index in [2.05, 4.69) is 5.32 Å². The van der Waals surface area contributed by atoms with E-state index in [1.165, 1.54) is 19.1 Å². The Labute approximate surface area is 147 Å². The highest BCUT2D eigenvalue weighted by molar-refractivity contribution is 5.99. The van der Waals surface area contributed by atoms with Crippen LogP contribution in [0.1, 0.15) is 20.8 Å². The van der Waals surface area contributed by atoms with Crippen LogP contribution in [0.25, 0.3) is 0 Å². The molecule has 0 fully saturated rings. The van der Waals surface area contributed by atoms with Crippen molar-refractivity contribution in [1.82, 2.24) is 0 Å². The number of amides is 2. The van der Waals surface area contributed by atoms with Gasteiger partial charge in [0, 0.05) is 19.9 Å². The van der Waals surface area contributed by atoms with E-state index in [0.29, 0.717) is 17.1 Å². The topological polar surface area (TPSA) is 86.3 Å². The summed E-state index contributed by atoms with van der Waals surface area (Å²) in [5.74, 6) is 0.321. The Kier molecular flexibility index (Phi) is 5.86. The summed E-state index contributed by atoms with van der Waals surface area (Å²) in [6, 6.07) is 5.02. The number of nitrogens with zero attached hydrogens (tertiary/aromatic N) is 1. The number of benzene rings is 1. The molecule has 1 aromatic carbocycles. The largest absolute Gasteiger partial charge is 0.482 e. The zero-order valence-electron chi connectivity index (χ0n) is 15.1. The first-order valence-electron chi connectivity index (χ1n) is 7.86. The molecule has 138 valence electrons. The predicted molar refractivity (Wildman–Crippen MR) is 92.0 cm³/mol. The van der Waals surface area contributed by atoms with Gasteiger partial charge in [0.2, 0.25) is 0 Å². The minimum atomic E-state index is -0.604. The number of carbonyl (C=O) groups excluding carboxylic acids is 2. The molecule has 1 aliphatic rings. The van der Waals surface area contributed by atoms with E-state index in [1.54, 1.807) is 39.0 Å². The van der Waals surface area contributed by atoms with Gasteiger partial charge in [-0.1, -0.05) is 0 Å². The number of rotatable bonds is 5. The first-order chi connectivity index (χ1) is 11.7. The van der Waals surface area contributed by atoms with E-state index in [1.807, 2.05) is 0 Å². The highest BCUT2D eigenvalue weighted by atomic mass is 16.7. The fraction of sp³-hybridized carbons (Fsp3) is 0.529. The molecule has 0 unspecified atom stereocenters. The molecule has 1 N–H and O–H groups in total. The molecule has 0 aliphatic carbocycles. The lowest BCUT2D eigenvalue weighted by molar-refractivity contribution is -0.125. The lowest BCUT2D eigenvalue weighted by Gasteiger charge is -2.31. The molecule has 0 atom stereocenters. The summed E-state index contributed by atoms with van der Waals surface area (Å²) in [5.41, 5.74) is 0.416.